The van der Waals surface area contributed by atoms with Gasteiger partial charge >= 0.3 is 0 Å². The van der Waals surface area contributed by atoms with Crippen molar-refractivity contribution in [1.29, 1.82) is 0 Å². The molecule has 2 aromatic heterocycles. The molecule has 1 aliphatic carbocycles. The summed E-state index contributed by atoms with van der Waals surface area (Å²) in [6.45, 7) is 2.51. The molecule has 2 N–H and O–H groups in total. The van der Waals surface area contributed by atoms with Crippen molar-refractivity contribution in [2.24, 2.45) is 0 Å². The monoisotopic (exact) mass is 418 g/mol. The zero-order valence-electron chi connectivity index (χ0n) is 18.1. The van der Waals surface area contributed by atoms with Crippen molar-refractivity contribution in [3.05, 3.63) is 59.2 Å². The number of piperidine rings is 1. The van der Waals surface area contributed by atoms with Gasteiger partial charge in [-0.1, -0.05) is 18.6 Å². The highest BCUT2D eigenvalue weighted by Crippen LogP contribution is 2.32. The fourth-order valence-corrected chi connectivity index (χ4v) is 4.91. The molecule has 5 rings (SSSR count). The second-order valence-electron chi connectivity index (χ2n) is 8.74. The van der Waals surface area contributed by atoms with Crippen LogP contribution in [-0.4, -0.2) is 50.9 Å². The standard InChI is InChI=1S/C24H30N6O/c1-29(20-12-5-8-17-9-7-13-25-22(17)20)16-21-26-19-11-6-10-18(23(19)27-21)24(31)28-30-14-3-2-4-15-30/h6-7,9-11,13,20H,2-5,8,12,14-16H2,1H3,(H,26,27)(H,28,31). The van der Waals surface area contributed by atoms with Crippen LogP contribution in [0.4, 0.5) is 0 Å². The number of pyridine rings is 1. The molecule has 3 heterocycles. The van der Waals surface area contributed by atoms with Gasteiger partial charge in [0.15, 0.2) is 0 Å². The Bertz CT molecular complexity index is 1070. The summed E-state index contributed by atoms with van der Waals surface area (Å²) in [5.41, 5.74) is 7.87. The average Bonchev–Trinajstić information content (AvgIpc) is 3.21. The smallest absolute Gasteiger partial charge is 0.267 e. The van der Waals surface area contributed by atoms with Gasteiger partial charge in [-0.25, -0.2) is 9.99 Å². The number of nitrogens with one attached hydrogen (secondary N) is 2. The molecule has 1 atom stereocenters. The van der Waals surface area contributed by atoms with Crippen molar-refractivity contribution in [3.8, 4) is 0 Å². The van der Waals surface area contributed by atoms with Crippen LogP contribution in [0.3, 0.4) is 0 Å². The Labute approximate surface area is 182 Å². The molecule has 3 aromatic rings. The number of nitrogens with zero attached hydrogens (tertiary/aromatic N) is 4. The summed E-state index contributed by atoms with van der Waals surface area (Å²) in [7, 11) is 2.13. The van der Waals surface area contributed by atoms with Gasteiger partial charge in [0, 0.05) is 19.3 Å². The van der Waals surface area contributed by atoms with E-state index in [2.05, 4.69) is 33.4 Å². The van der Waals surface area contributed by atoms with E-state index >= 15 is 0 Å². The quantitative estimate of drug-likeness (QED) is 0.662. The van der Waals surface area contributed by atoms with E-state index in [1.807, 2.05) is 35.5 Å². The molecule has 0 spiro atoms. The summed E-state index contributed by atoms with van der Waals surface area (Å²) < 4.78 is 0. The molecule has 1 fully saturated rings. The molecule has 7 nitrogen and oxygen atoms in total. The van der Waals surface area contributed by atoms with Crippen LogP contribution in [0, 0.1) is 0 Å². The second-order valence-corrected chi connectivity index (χ2v) is 8.74. The lowest BCUT2D eigenvalue weighted by atomic mass is 9.91. The molecule has 2 aliphatic rings. The van der Waals surface area contributed by atoms with Crippen LogP contribution in [0.25, 0.3) is 11.0 Å². The first-order chi connectivity index (χ1) is 15.2. The number of carbonyl (C=O) groups excluding carboxylic acids is 1. The van der Waals surface area contributed by atoms with Gasteiger partial charge in [0.1, 0.15) is 11.3 Å². The predicted molar refractivity (Wildman–Crippen MR) is 120 cm³/mol. The number of imidazole rings is 1. The zero-order valence-corrected chi connectivity index (χ0v) is 18.1. The highest BCUT2D eigenvalue weighted by Gasteiger charge is 2.26. The van der Waals surface area contributed by atoms with E-state index in [0.29, 0.717) is 18.2 Å². The number of aromatic amines is 1. The average molecular weight is 419 g/mol. The third-order valence-electron chi connectivity index (χ3n) is 6.52. The summed E-state index contributed by atoms with van der Waals surface area (Å²) >= 11 is 0. The van der Waals surface area contributed by atoms with E-state index in [1.54, 1.807) is 0 Å². The zero-order chi connectivity index (χ0) is 21.2. The van der Waals surface area contributed by atoms with Crippen LogP contribution >= 0.6 is 0 Å². The Morgan fingerprint density at radius 1 is 1.19 bits per heavy atom. The molecule has 1 amide bonds. The molecule has 0 radical (unpaired) electrons. The Hall–Kier alpha value is -2.77. The van der Waals surface area contributed by atoms with Gasteiger partial charge in [-0.15, -0.1) is 0 Å². The van der Waals surface area contributed by atoms with E-state index in [0.717, 1.165) is 55.6 Å². The number of rotatable bonds is 5. The van der Waals surface area contributed by atoms with Gasteiger partial charge in [-0.2, -0.15) is 0 Å². The summed E-state index contributed by atoms with van der Waals surface area (Å²) in [5, 5.41) is 2.03. The molecule has 162 valence electrons. The van der Waals surface area contributed by atoms with Crippen LogP contribution in [0.5, 0.6) is 0 Å². The normalized spacial score (nSPS) is 19.5. The topological polar surface area (TPSA) is 77.2 Å². The van der Waals surface area contributed by atoms with Gasteiger partial charge < -0.3 is 4.98 Å². The number of hydrazine groups is 1. The highest BCUT2D eigenvalue weighted by molar-refractivity contribution is 6.04. The molecule has 1 saturated heterocycles. The number of benzene rings is 1. The summed E-state index contributed by atoms with van der Waals surface area (Å²) in [6.07, 6.45) is 8.76. The van der Waals surface area contributed by atoms with E-state index in [4.69, 9.17) is 4.98 Å². The largest absolute Gasteiger partial charge is 0.341 e. The number of hydrogen-bond donors (Lipinski definition) is 2. The van der Waals surface area contributed by atoms with Crippen molar-refractivity contribution < 1.29 is 4.79 Å². The fraction of sp³-hybridized carbons (Fsp3) is 0.458. The number of aromatic nitrogens is 3. The van der Waals surface area contributed by atoms with Gasteiger partial charge in [-0.05, 0) is 62.9 Å². The molecule has 0 saturated carbocycles. The molecular weight excluding hydrogens is 388 g/mol. The van der Waals surface area contributed by atoms with Crippen molar-refractivity contribution in [1.82, 2.24) is 30.3 Å². The SMILES string of the molecule is CN(Cc1nc2c(C(=O)NN3CCCCC3)cccc2[nH]1)C1CCCc2cccnc21. The first-order valence-electron chi connectivity index (χ1n) is 11.4. The lowest BCUT2D eigenvalue weighted by Gasteiger charge is -2.31. The van der Waals surface area contributed by atoms with Crippen LogP contribution in [0.2, 0.25) is 0 Å². The maximum absolute atomic E-state index is 12.9. The van der Waals surface area contributed by atoms with Gasteiger partial charge in [-0.3, -0.25) is 20.1 Å². The van der Waals surface area contributed by atoms with Gasteiger partial charge in [0.25, 0.3) is 5.91 Å². The number of para-hydroxylation sites is 1. The fourth-order valence-electron chi connectivity index (χ4n) is 4.91. The number of hydrogen-bond acceptors (Lipinski definition) is 5. The molecule has 7 heteroatoms. The third-order valence-corrected chi connectivity index (χ3v) is 6.52. The lowest BCUT2D eigenvalue weighted by molar-refractivity contribution is 0.0751. The minimum Gasteiger partial charge on any atom is -0.341 e. The van der Waals surface area contributed by atoms with E-state index in [1.165, 1.54) is 24.1 Å². The van der Waals surface area contributed by atoms with Crippen molar-refractivity contribution in [2.75, 3.05) is 20.1 Å². The molecule has 1 unspecified atom stereocenters. The van der Waals surface area contributed by atoms with Gasteiger partial charge in [0.05, 0.1) is 29.4 Å². The Morgan fingerprint density at radius 3 is 2.94 bits per heavy atom. The van der Waals surface area contributed by atoms with E-state index in [9.17, 15) is 4.79 Å². The minimum atomic E-state index is -0.0793. The Morgan fingerprint density at radius 2 is 2.06 bits per heavy atom. The number of carbonyl (C=O) groups is 1. The third kappa shape index (κ3) is 4.20. The number of fused-ring (bicyclic) bond motifs is 2. The Kier molecular flexibility index (Phi) is 5.70. The molecule has 0 bridgehead atoms. The van der Waals surface area contributed by atoms with E-state index < -0.39 is 0 Å². The highest BCUT2D eigenvalue weighted by atomic mass is 16.2. The maximum Gasteiger partial charge on any atom is 0.267 e. The number of aryl methyl sites for hydroxylation is 1. The van der Waals surface area contributed by atoms with Gasteiger partial charge in [0.2, 0.25) is 0 Å². The first-order valence-corrected chi connectivity index (χ1v) is 11.4. The summed E-state index contributed by atoms with van der Waals surface area (Å²) in [6, 6.07) is 10.3. The number of amides is 1. The van der Waals surface area contributed by atoms with Crippen LogP contribution in [0.15, 0.2) is 36.5 Å². The summed E-state index contributed by atoms with van der Waals surface area (Å²) in [5.74, 6) is 0.795. The Balaban J connectivity index is 1.34. The van der Waals surface area contributed by atoms with E-state index in [-0.39, 0.29) is 5.91 Å². The van der Waals surface area contributed by atoms with Crippen molar-refractivity contribution >= 4 is 16.9 Å². The first kappa shape index (κ1) is 20.2. The minimum absolute atomic E-state index is 0.0793. The summed E-state index contributed by atoms with van der Waals surface area (Å²) in [4.78, 5) is 28.1. The molecular formula is C24H30N6O. The second kappa shape index (κ2) is 8.77. The molecule has 31 heavy (non-hydrogen) atoms. The van der Waals surface area contributed by atoms with Crippen LogP contribution in [0.1, 0.15) is 65.6 Å². The lowest BCUT2D eigenvalue weighted by Crippen LogP contribution is -2.45. The maximum atomic E-state index is 12.9. The van der Waals surface area contributed by atoms with Crippen LogP contribution < -0.4 is 5.43 Å². The number of H-pyrrole nitrogens is 1. The van der Waals surface area contributed by atoms with Crippen molar-refractivity contribution in [3.63, 3.8) is 0 Å². The molecule has 1 aromatic carbocycles. The van der Waals surface area contributed by atoms with Crippen LogP contribution in [-0.2, 0) is 13.0 Å². The van der Waals surface area contributed by atoms with Crippen molar-refractivity contribution in [2.45, 2.75) is 51.1 Å². The predicted octanol–water partition coefficient (Wildman–Crippen LogP) is 3.60. The molecule has 1 aliphatic heterocycles.